The number of carbonyl (C=O) groups excluding carboxylic acids is 3. The van der Waals surface area contributed by atoms with Gasteiger partial charge in [-0.2, -0.15) is 0 Å². The Hall–Kier alpha value is -4.44. The van der Waals surface area contributed by atoms with Gasteiger partial charge in [0.25, 0.3) is 5.91 Å². The fraction of sp³-hybridized carbons (Fsp3) is 0.439. The van der Waals surface area contributed by atoms with Crippen LogP contribution in [0.4, 0.5) is 5.13 Å². The molecule has 5 atom stereocenters. The van der Waals surface area contributed by atoms with Gasteiger partial charge in [0.1, 0.15) is 29.5 Å². The Morgan fingerprint density at radius 3 is 2.55 bits per heavy atom. The molecule has 0 bridgehead atoms. The average molecular weight is 870 g/mol. The van der Waals surface area contributed by atoms with Gasteiger partial charge >= 0.3 is 0 Å². The number of amides is 3. The Kier molecular flexibility index (Phi) is 11.5. The number of rotatable bonds is 12. The van der Waals surface area contributed by atoms with E-state index in [1.165, 1.54) is 22.3 Å². The number of nitrogens with one attached hydrogen (secondary N) is 3. The van der Waals surface area contributed by atoms with Crippen molar-refractivity contribution >= 4 is 79.1 Å². The lowest BCUT2D eigenvalue weighted by atomic mass is 9.85. The minimum atomic E-state index is -3.90. The summed E-state index contributed by atoms with van der Waals surface area (Å²) >= 11 is 14.0. The van der Waals surface area contributed by atoms with Gasteiger partial charge in [-0.15, -0.1) is 17.9 Å². The molecule has 3 heterocycles. The van der Waals surface area contributed by atoms with Crippen molar-refractivity contribution in [1.82, 2.24) is 19.9 Å². The van der Waals surface area contributed by atoms with E-state index in [-0.39, 0.29) is 31.7 Å². The third kappa shape index (κ3) is 8.63. The van der Waals surface area contributed by atoms with Crippen molar-refractivity contribution in [3.05, 3.63) is 87.4 Å². The summed E-state index contributed by atoms with van der Waals surface area (Å²) in [5.41, 5.74) is 1.92. The SMILES string of the molecule is C=C[C@@H]1C[C@]1(NC(=O)[C@@H]1C[C@@H](OC2=NC=C(OC)c3ccc(Cl)cc3C2)CN1C(=O)[C@@H](Nc1nc(-c2ccc(Cl)c(C)c2)cs1)C(C)(C)C)C(=O)NS(=O)(=O)C1CC1. The van der Waals surface area contributed by atoms with Crippen LogP contribution in [0.15, 0.2) is 65.6 Å². The van der Waals surface area contributed by atoms with Crippen LogP contribution in [-0.4, -0.2) is 84.6 Å². The van der Waals surface area contributed by atoms with Crippen LogP contribution in [0.3, 0.4) is 0 Å². The molecule has 3 N–H and O–H groups in total. The lowest BCUT2D eigenvalue weighted by molar-refractivity contribution is -0.141. The molecule has 17 heteroatoms. The number of anilines is 1. The second-order valence-corrected chi connectivity index (χ2v) is 20.0. The molecule has 4 aliphatic rings. The van der Waals surface area contributed by atoms with Gasteiger partial charge in [-0.25, -0.2) is 18.4 Å². The van der Waals surface area contributed by atoms with Crippen molar-refractivity contribution in [2.45, 2.75) is 88.8 Å². The molecule has 2 saturated carbocycles. The van der Waals surface area contributed by atoms with Crippen LogP contribution in [0.5, 0.6) is 0 Å². The zero-order chi connectivity index (χ0) is 41.7. The van der Waals surface area contributed by atoms with Crippen LogP contribution < -0.4 is 15.4 Å². The van der Waals surface area contributed by atoms with E-state index >= 15 is 0 Å². The van der Waals surface area contributed by atoms with E-state index in [2.05, 4.69) is 26.9 Å². The molecule has 2 aromatic carbocycles. The number of aromatic nitrogens is 1. The molecule has 58 heavy (non-hydrogen) atoms. The number of methoxy groups -OCH3 is 1. The van der Waals surface area contributed by atoms with Crippen LogP contribution in [-0.2, 0) is 40.3 Å². The summed E-state index contributed by atoms with van der Waals surface area (Å²) in [4.78, 5) is 53.8. The average Bonchev–Trinajstić information content (AvgIpc) is 4.06. The van der Waals surface area contributed by atoms with Crippen molar-refractivity contribution in [1.29, 1.82) is 0 Å². The summed E-state index contributed by atoms with van der Waals surface area (Å²) in [6.07, 6.45) is 3.82. The van der Waals surface area contributed by atoms with E-state index in [1.54, 1.807) is 19.4 Å². The van der Waals surface area contributed by atoms with Gasteiger partial charge in [0.05, 0.1) is 30.8 Å². The Morgan fingerprint density at radius 2 is 1.90 bits per heavy atom. The van der Waals surface area contributed by atoms with Gasteiger partial charge in [-0.3, -0.25) is 19.1 Å². The molecular formula is C41H46Cl2N6O7S2. The fourth-order valence-corrected chi connectivity index (χ4v) is 9.82. The minimum Gasteiger partial charge on any atom is -0.495 e. The predicted octanol–water partition coefficient (Wildman–Crippen LogP) is 6.51. The summed E-state index contributed by atoms with van der Waals surface area (Å²) in [5, 5.41) is 9.16. The van der Waals surface area contributed by atoms with Crippen molar-refractivity contribution in [2.75, 3.05) is 19.0 Å². The second kappa shape index (κ2) is 16.0. The normalized spacial score (nSPS) is 23.4. The minimum absolute atomic E-state index is 0.0146. The Balaban J connectivity index is 1.17. The van der Waals surface area contributed by atoms with Gasteiger partial charge in [-0.1, -0.05) is 56.1 Å². The number of aliphatic imine (C=N–C) groups is 1. The lowest BCUT2D eigenvalue weighted by Crippen LogP contribution is -2.58. The maximum absolute atomic E-state index is 14.9. The maximum Gasteiger partial charge on any atom is 0.259 e. The van der Waals surface area contributed by atoms with E-state index in [1.807, 2.05) is 63.4 Å². The lowest BCUT2D eigenvalue weighted by Gasteiger charge is -2.35. The molecule has 7 rings (SSSR count). The number of fused-ring (bicyclic) bond motifs is 1. The summed E-state index contributed by atoms with van der Waals surface area (Å²) < 4.78 is 39.9. The van der Waals surface area contributed by atoms with Crippen LogP contribution >= 0.6 is 34.5 Å². The van der Waals surface area contributed by atoms with E-state index in [0.29, 0.717) is 45.4 Å². The quantitative estimate of drug-likeness (QED) is 0.172. The summed E-state index contributed by atoms with van der Waals surface area (Å²) in [6, 6.07) is 9.12. The smallest absolute Gasteiger partial charge is 0.259 e. The van der Waals surface area contributed by atoms with Crippen LogP contribution in [0.25, 0.3) is 17.0 Å². The summed E-state index contributed by atoms with van der Waals surface area (Å²) in [7, 11) is -2.35. The number of halogens is 2. The maximum atomic E-state index is 14.9. The molecule has 2 aliphatic carbocycles. The van der Waals surface area contributed by atoms with Crippen molar-refractivity contribution in [3.63, 3.8) is 0 Å². The highest BCUT2D eigenvalue weighted by molar-refractivity contribution is 7.91. The van der Waals surface area contributed by atoms with Gasteiger partial charge in [0.2, 0.25) is 21.8 Å². The Morgan fingerprint density at radius 1 is 1.14 bits per heavy atom. The fourth-order valence-electron chi connectivity index (χ4n) is 7.39. The van der Waals surface area contributed by atoms with Crippen LogP contribution in [0.2, 0.25) is 10.0 Å². The molecular weight excluding hydrogens is 824 g/mol. The molecule has 3 aromatic rings. The highest BCUT2D eigenvalue weighted by Gasteiger charge is 2.62. The number of sulfonamides is 1. The first-order valence-corrected chi connectivity index (χ1v) is 22.2. The van der Waals surface area contributed by atoms with Gasteiger partial charge < -0.3 is 25.0 Å². The number of hydrogen-bond acceptors (Lipinski definition) is 11. The molecule has 3 fully saturated rings. The molecule has 13 nitrogen and oxygen atoms in total. The van der Waals surface area contributed by atoms with E-state index in [0.717, 1.165) is 22.3 Å². The predicted molar refractivity (Wildman–Crippen MR) is 226 cm³/mol. The van der Waals surface area contributed by atoms with Crippen molar-refractivity contribution in [2.24, 2.45) is 16.3 Å². The number of aryl methyl sites for hydroxylation is 1. The molecule has 308 valence electrons. The standard InChI is InChI=1S/C41H46Cl2N6O7S2/c1-7-25-18-41(25,38(52)48-58(53,54)28-10-11-28)47-36(50)32-17-27(56-34-16-24-15-26(42)9-12-29(24)33(55-6)19-44-34)20-49(32)37(51)35(40(3,4)5)46-39-45-31(21-57-39)23-8-13-30(43)22(2)14-23/h7-9,12-15,19,21,25,27-28,32,35H,1,10-11,16-18,20H2,2-6H3,(H,45,46)(H,47,50)(H,48,52)/t25-,27-,32+,35-,41-/m1/s1. The monoisotopic (exact) mass is 868 g/mol. The van der Waals surface area contributed by atoms with Gasteiger partial charge in [0.15, 0.2) is 11.0 Å². The Labute approximate surface area is 352 Å². The first-order valence-electron chi connectivity index (χ1n) is 19.0. The number of likely N-dealkylation sites (tertiary alicyclic amines) is 1. The molecule has 1 aromatic heterocycles. The number of thiazole rings is 1. The zero-order valence-corrected chi connectivity index (χ0v) is 35.9. The number of ether oxygens (including phenoxy) is 2. The van der Waals surface area contributed by atoms with E-state index < -0.39 is 62.1 Å². The summed E-state index contributed by atoms with van der Waals surface area (Å²) in [6.45, 7) is 11.5. The number of nitrogens with zero attached hydrogens (tertiary/aromatic N) is 3. The Bertz CT molecular complexity index is 2340. The highest BCUT2D eigenvalue weighted by Crippen LogP contribution is 2.46. The number of benzene rings is 2. The molecule has 0 spiro atoms. The van der Waals surface area contributed by atoms with E-state index in [9.17, 15) is 22.8 Å². The topological polar surface area (TPSA) is 168 Å². The largest absolute Gasteiger partial charge is 0.495 e. The third-order valence-corrected chi connectivity index (χ3v) is 14.2. The molecule has 0 unspecified atom stereocenters. The number of hydrogen-bond donors (Lipinski definition) is 3. The van der Waals surface area contributed by atoms with Gasteiger partial charge in [0, 0.05) is 45.3 Å². The van der Waals surface area contributed by atoms with Crippen LogP contribution in [0.1, 0.15) is 63.1 Å². The molecule has 2 aliphatic heterocycles. The third-order valence-electron chi connectivity index (χ3n) is 11.0. The number of carbonyl (C=O) groups is 3. The molecule has 3 amide bonds. The first kappa shape index (κ1) is 41.7. The van der Waals surface area contributed by atoms with Gasteiger partial charge in [-0.05, 0) is 73.1 Å². The first-order chi connectivity index (χ1) is 27.4. The van der Waals surface area contributed by atoms with Crippen LogP contribution in [0, 0.1) is 18.3 Å². The second-order valence-electron chi connectivity index (χ2n) is 16.3. The van der Waals surface area contributed by atoms with Crippen molar-refractivity contribution in [3.8, 4) is 11.3 Å². The van der Waals surface area contributed by atoms with E-state index in [4.69, 9.17) is 37.7 Å². The highest BCUT2D eigenvalue weighted by atomic mass is 35.5. The summed E-state index contributed by atoms with van der Waals surface area (Å²) in [5.74, 6) is -1.48. The molecule has 1 saturated heterocycles. The molecule has 0 radical (unpaired) electrons. The van der Waals surface area contributed by atoms with Crippen molar-refractivity contribution < 1.29 is 32.3 Å². The zero-order valence-electron chi connectivity index (χ0n) is 32.8.